The highest BCUT2D eigenvalue weighted by Gasteiger charge is 2.24. The van der Waals surface area contributed by atoms with Crippen LogP contribution in [0.2, 0.25) is 0 Å². The number of carbonyl (C=O) groups excluding carboxylic acids is 1. The smallest absolute Gasteiger partial charge is 0.222 e. The average molecular weight is 295 g/mol. The maximum absolute atomic E-state index is 11.8. The molecule has 0 aliphatic carbocycles. The minimum absolute atomic E-state index is 0.0469. The molecule has 2 heterocycles. The molecular weight excluding hydrogens is 270 g/mol. The number of thiophene rings is 1. The second-order valence-electron chi connectivity index (χ2n) is 5.81. The van der Waals surface area contributed by atoms with Gasteiger partial charge in [0.15, 0.2) is 0 Å². The van der Waals surface area contributed by atoms with Gasteiger partial charge >= 0.3 is 0 Å². The zero-order valence-electron chi connectivity index (χ0n) is 12.6. The molecule has 20 heavy (non-hydrogen) atoms. The Morgan fingerprint density at radius 2 is 2.05 bits per heavy atom. The fourth-order valence-electron chi connectivity index (χ4n) is 2.46. The van der Waals surface area contributed by atoms with Crippen LogP contribution in [-0.2, 0) is 4.79 Å². The number of rotatable bonds is 5. The first-order valence-corrected chi connectivity index (χ1v) is 8.24. The first kappa shape index (κ1) is 15.5. The van der Waals surface area contributed by atoms with E-state index in [1.165, 1.54) is 5.56 Å². The Morgan fingerprint density at radius 3 is 2.60 bits per heavy atom. The summed E-state index contributed by atoms with van der Waals surface area (Å²) in [4.78, 5) is 16.7. The van der Waals surface area contributed by atoms with E-state index in [2.05, 4.69) is 39.0 Å². The van der Waals surface area contributed by atoms with Crippen LogP contribution in [0.4, 0.5) is 0 Å². The molecule has 1 aromatic heterocycles. The fourth-order valence-corrected chi connectivity index (χ4v) is 3.16. The van der Waals surface area contributed by atoms with Crippen molar-refractivity contribution in [1.82, 2.24) is 15.1 Å². The molecule has 1 aliphatic heterocycles. The van der Waals surface area contributed by atoms with Crippen molar-refractivity contribution < 1.29 is 4.79 Å². The lowest BCUT2D eigenvalue weighted by Crippen LogP contribution is -2.48. The summed E-state index contributed by atoms with van der Waals surface area (Å²) in [6.45, 7) is 8.90. The number of amides is 1. The highest BCUT2D eigenvalue weighted by Crippen LogP contribution is 2.23. The van der Waals surface area contributed by atoms with Crippen LogP contribution in [0.1, 0.15) is 25.5 Å². The predicted octanol–water partition coefficient (Wildman–Crippen LogP) is 1.81. The van der Waals surface area contributed by atoms with Crippen LogP contribution in [0.3, 0.4) is 0 Å². The van der Waals surface area contributed by atoms with Crippen molar-refractivity contribution >= 4 is 17.2 Å². The molecule has 1 aromatic rings. The van der Waals surface area contributed by atoms with E-state index in [0.29, 0.717) is 12.6 Å². The highest BCUT2D eigenvalue weighted by molar-refractivity contribution is 7.07. The van der Waals surface area contributed by atoms with Crippen LogP contribution < -0.4 is 5.32 Å². The Balaban J connectivity index is 2.00. The van der Waals surface area contributed by atoms with Gasteiger partial charge in [0.05, 0.1) is 6.04 Å². The summed E-state index contributed by atoms with van der Waals surface area (Å²) in [5, 5.41) is 7.40. The first-order valence-electron chi connectivity index (χ1n) is 7.30. The van der Waals surface area contributed by atoms with E-state index in [1.54, 1.807) is 11.3 Å². The Hall–Kier alpha value is -0.910. The molecule has 1 aliphatic rings. The van der Waals surface area contributed by atoms with Gasteiger partial charge in [-0.1, -0.05) is 13.8 Å². The number of nitrogens with zero attached hydrogens (tertiary/aromatic N) is 2. The van der Waals surface area contributed by atoms with Gasteiger partial charge in [-0.05, 0) is 29.4 Å². The van der Waals surface area contributed by atoms with Gasteiger partial charge in [0.25, 0.3) is 0 Å². The molecule has 0 radical (unpaired) electrons. The van der Waals surface area contributed by atoms with Crippen molar-refractivity contribution in [1.29, 1.82) is 0 Å². The summed E-state index contributed by atoms with van der Waals surface area (Å²) in [5.74, 6) is 0.185. The zero-order chi connectivity index (χ0) is 14.5. The molecule has 1 fully saturated rings. The van der Waals surface area contributed by atoms with E-state index in [1.807, 2.05) is 13.8 Å². The quantitative estimate of drug-likeness (QED) is 0.900. The monoisotopic (exact) mass is 295 g/mol. The van der Waals surface area contributed by atoms with Crippen molar-refractivity contribution in [2.45, 2.75) is 19.9 Å². The van der Waals surface area contributed by atoms with Gasteiger partial charge < -0.3 is 10.2 Å². The largest absolute Gasteiger partial charge is 0.354 e. The number of likely N-dealkylation sites (N-methyl/N-ethyl adjacent to an activating group) is 1. The Bertz CT molecular complexity index is 411. The molecule has 0 bridgehead atoms. The first-order chi connectivity index (χ1) is 9.58. The fraction of sp³-hybridized carbons (Fsp3) is 0.667. The summed E-state index contributed by atoms with van der Waals surface area (Å²) in [7, 11) is 2.16. The van der Waals surface area contributed by atoms with E-state index in [0.717, 1.165) is 26.2 Å². The summed E-state index contributed by atoms with van der Waals surface area (Å²) < 4.78 is 0. The summed E-state index contributed by atoms with van der Waals surface area (Å²) in [6.07, 6.45) is 0. The molecule has 4 nitrogen and oxygen atoms in total. The summed E-state index contributed by atoms with van der Waals surface area (Å²) in [5.41, 5.74) is 1.32. The molecule has 0 aromatic carbocycles. The number of hydrogen-bond acceptors (Lipinski definition) is 4. The van der Waals surface area contributed by atoms with Crippen molar-refractivity contribution in [3.8, 4) is 0 Å². The molecule has 1 saturated heterocycles. The van der Waals surface area contributed by atoms with Gasteiger partial charge in [0.2, 0.25) is 5.91 Å². The van der Waals surface area contributed by atoms with Gasteiger partial charge in [0, 0.05) is 38.6 Å². The topological polar surface area (TPSA) is 35.6 Å². The molecule has 1 atom stereocenters. The van der Waals surface area contributed by atoms with Gasteiger partial charge in [-0.15, -0.1) is 0 Å². The molecule has 0 saturated carbocycles. The third-order valence-corrected chi connectivity index (χ3v) is 4.60. The molecule has 112 valence electrons. The summed E-state index contributed by atoms with van der Waals surface area (Å²) >= 11 is 1.72. The molecule has 1 unspecified atom stereocenters. The summed E-state index contributed by atoms with van der Waals surface area (Å²) in [6, 6.07) is 2.48. The molecule has 2 rings (SSSR count). The molecule has 5 heteroatoms. The number of carbonyl (C=O) groups is 1. The third kappa shape index (κ3) is 4.04. The minimum atomic E-state index is 0.0469. The second-order valence-corrected chi connectivity index (χ2v) is 6.59. The minimum Gasteiger partial charge on any atom is -0.354 e. The maximum Gasteiger partial charge on any atom is 0.222 e. The van der Waals surface area contributed by atoms with Crippen LogP contribution in [0, 0.1) is 5.92 Å². The Labute approximate surface area is 125 Å². The van der Waals surface area contributed by atoms with Gasteiger partial charge in [0.1, 0.15) is 0 Å². The number of nitrogens with one attached hydrogen (secondary N) is 1. The van der Waals surface area contributed by atoms with E-state index in [9.17, 15) is 4.79 Å². The molecule has 1 N–H and O–H groups in total. The molecule has 1 amide bonds. The van der Waals surface area contributed by atoms with Gasteiger partial charge in [-0.25, -0.2) is 0 Å². The van der Waals surface area contributed by atoms with Crippen molar-refractivity contribution in [2.75, 3.05) is 39.8 Å². The van der Waals surface area contributed by atoms with E-state index < -0.39 is 0 Å². The number of hydrogen-bond donors (Lipinski definition) is 1. The maximum atomic E-state index is 11.8. The van der Waals surface area contributed by atoms with Gasteiger partial charge in [-0.3, -0.25) is 9.69 Å². The number of piperazine rings is 1. The lowest BCUT2D eigenvalue weighted by molar-refractivity contribution is -0.124. The van der Waals surface area contributed by atoms with Crippen LogP contribution in [0.5, 0.6) is 0 Å². The predicted molar refractivity (Wildman–Crippen MR) is 84.0 cm³/mol. The van der Waals surface area contributed by atoms with Crippen LogP contribution >= 0.6 is 11.3 Å². The average Bonchev–Trinajstić information content (AvgIpc) is 2.94. The van der Waals surface area contributed by atoms with E-state index in [4.69, 9.17) is 0 Å². The van der Waals surface area contributed by atoms with Crippen LogP contribution in [0.25, 0.3) is 0 Å². The van der Waals surface area contributed by atoms with Crippen LogP contribution in [0.15, 0.2) is 16.8 Å². The Kier molecular flexibility index (Phi) is 5.57. The lowest BCUT2D eigenvalue weighted by Gasteiger charge is -2.38. The highest BCUT2D eigenvalue weighted by atomic mass is 32.1. The Morgan fingerprint density at radius 1 is 1.35 bits per heavy atom. The van der Waals surface area contributed by atoms with Crippen molar-refractivity contribution in [3.63, 3.8) is 0 Å². The van der Waals surface area contributed by atoms with E-state index >= 15 is 0 Å². The van der Waals surface area contributed by atoms with Crippen molar-refractivity contribution in [2.24, 2.45) is 5.92 Å². The van der Waals surface area contributed by atoms with Crippen molar-refractivity contribution in [3.05, 3.63) is 22.4 Å². The van der Waals surface area contributed by atoms with E-state index in [-0.39, 0.29) is 11.8 Å². The van der Waals surface area contributed by atoms with Gasteiger partial charge in [-0.2, -0.15) is 11.3 Å². The van der Waals surface area contributed by atoms with Crippen LogP contribution in [-0.4, -0.2) is 55.5 Å². The lowest BCUT2D eigenvalue weighted by atomic mass is 10.1. The molecular formula is C15H25N3OS. The second kappa shape index (κ2) is 7.20. The third-order valence-electron chi connectivity index (χ3n) is 3.90. The normalized spacial score (nSPS) is 19.2. The zero-order valence-corrected chi connectivity index (χ0v) is 13.4. The standard InChI is InChI=1S/C15H25N3OS/c1-12(2)15(19)16-10-14(13-4-9-20-11-13)18-7-5-17(3)6-8-18/h4,9,11-12,14H,5-8,10H2,1-3H3,(H,16,19). The SMILES string of the molecule is CC(C)C(=O)NCC(c1ccsc1)N1CCN(C)CC1. The molecule has 0 spiro atoms.